The molecule has 6 heteroatoms. The summed E-state index contributed by atoms with van der Waals surface area (Å²) >= 11 is 0. The fourth-order valence-corrected chi connectivity index (χ4v) is 2.28. The fraction of sp³-hybridized carbons (Fsp3) is 0.111. The Bertz CT molecular complexity index is 830. The van der Waals surface area contributed by atoms with Gasteiger partial charge in [-0.3, -0.25) is 4.98 Å². The van der Waals surface area contributed by atoms with Crippen molar-refractivity contribution >= 4 is 5.69 Å². The maximum absolute atomic E-state index is 6.02. The van der Waals surface area contributed by atoms with Crippen LogP contribution in [-0.4, -0.2) is 24.2 Å². The molecule has 0 atom stereocenters. The summed E-state index contributed by atoms with van der Waals surface area (Å²) in [6, 6.07) is 10.8. The van der Waals surface area contributed by atoms with Crippen LogP contribution in [0.25, 0.3) is 11.1 Å². The lowest BCUT2D eigenvalue weighted by Crippen LogP contribution is -1.96. The second kappa shape index (κ2) is 6.87. The third-order valence-corrected chi connectivity index (χ3v) is 3.45. The van der Waals surface area contributed by atoms with Crippen molar-refractivity contribution < 1.29 is 14.2 Å². The van der Waals surface area contributed by atoms with E-state index in [9.17, 15) is 0 Å². The molecule has 2 aromatic heterocycles. The molecule has 24 heavy (non-hydrogen) atoms. The van der Waals surface area contributed by atoms with Gasteiger partial charge in [0.25, 0.3) is 0 Å². The molecule has 3 aromatic rings. The average Bonchev–Trinajstić information content (AvgIpc) is 2.62. The summed E-state index contributed by atoms with van der Waals surface area (Å²) in [4.78, 5) is 8.33. The van der Waals surface area contributed by atoms with E-state index in [4.69, 9.17) is 19.9 Å². The minimum Gasteiger partial charge on any atom is -0.496 e. The monoisotopic (exact) mass is 323 g/mol. The van der Waals surface area contributed by atoms with Gasteiger partial charge in [0.15, 0.2) is 0 Å². The molecule has 0 aliphatic carbocycles. The van der Waals surface area contributed by atoms with Crippen LogP contribution in [0.4, 0.5) is 5.69 Å². The van der Waals surface area contributed by atoms with Gasteiger partial charge in [0.1, 0.15) is 17.2 Å². The highest BCUT2D eigenvalue weighted by Crippen LogP contribution is 2.36. The number of nitrogen functional groups attached to an aromatic ring is 1. The van der Waals surface area contributed by atoms with Gasteiger partial charge in [-0.05, 0) is 18.2 Å². The summed E-state index contributed by atoms with van der Waals surface area (Å²) in [6.07, 6.45) is 4.94. The first-order chi connectivity index (χ1) is 11.7. The third-order valence-electron chi connectivity index (χ3n) is 3.45. The predicted molar refractivity (Wildman–Crippen MR) is 91.5 cm³/mol. The van der Waals surface area contributed by atoms with E-state index in [0.717, 1.165) is 11.1 Å². The van der Waals surface area contributed by atoms with Crippen molar-refractivity contribution in [3.05, 3.63) is 55.0 Å². The largest absolute Gasteiger partial charge is 0.496 e. The van der Waals surface area contributed by atoms with Gasteiger partial charge in [0, 0.05) is 41.7 Å². The second-order valence-electron chi connectivity index (χ2n) is 4.97. The highest BCUT2D eigenvalue weighted by atomic mass is 16.5. The molecule has 2 N–H and O–H groups in total. The van der Waals surface area contributed by atoms with E-state index in [0.29, 0.717) is 28.8 Å². The van der Waals surface area contributed by atoms with Crippen molar-refractivity contribution in [1.82, 2.24) is 9.97 Å². The second-order valence-corrected chi connectivity index (χ2v) is 4.97. The molecule has 0 saturated heterocycles. The first-order valence-corrected chi connectivity index (χ1v) is 7.27. The normalized spacial score (nSPS) is 10.2. The molecule has 0 amide bonds. The number of nitrogens with zero attached hydrogens (tertiary/aromatic N) is 2. The molecule has 0 unspecified atom stereocenters. The molecule has 0 saturated carbocycles. The zero-order chi connectivity index (χ0) is 16.9. The van der Waals surface area contributed by atoms with Crippen LogP contribution in [-0.2, 0) is 0 Å². The maximum Gasteiger partial charge on any atom is 0.227 e. The number of benzene rings is 1. The van der Waals surface area contributed by atoms with Gasteiger partial charge >= 0.3 is 0 Å². The molecule has 122 valence electrons. The van der Waals surface area contributed by atoms with Crippen LogP contribution in [0.1, 0.15) is 0 Å². The smallest absolute Gasteiger partial charge is 0.227 e. The van der Waals surface area contributed by atoms with E-state index < -0.39 is 0 Å². The Morgan fingerprint density at radius 2 is 1.58 bits per heavy atom. The number of pyridine rings is 2. The van der Waals surface area contributed by atoms with Gasteiger partial charge in [-0.1, -0.05) is 0 Å². The highest BCUT2D eigenvalue weighted by Gasteiger charge is 2.12. The summed E-state index contributed by atoms with van der Waals surface area (Å²) in [6.45, 7) is 0. The van der Waals surface area contributed by atoms with Crippen LogP contribution in [0.2, 0.25) is 0 Å². The minimum atomic E-state index is 0.436. The zero-order valence-electron chi connectivity index (χ0n) is 13.4. The molecule has 0 fully saturated rings. The van der Waals surface area contributed by atoms with Gasteiger partial charge in [-0.15, -0.1) is 0 Å². The molecule has 2 heterocycles. The summed E-state index contributed by atoms with van der Waals surface area (Å²) in [5.41, 5.74) is 8.16. The van der Waals surface area contributed by atoms with Crippen LogP contribution in [0.15, 0.2) is 55.0 Å². The van der Waals surface area contributed by atoms with Crippen molar-refractivity contribution in [1.29, 1.82) is 0 Å². The van der Waals surface area contributed by atoms with Crippen molar-refractivity contribution in [3.8, 4) is 34.3 Å². The summed E-state index contributed by atoms with van der Waals surface area (Å²) in [7, 11) is 3.17. The van der Waals surface area contributed by atoms with Gasteiger partial charge in [-0.2, -0.15) is 0 Å². The number of nitrogens with two attached hydrogens (primary N) is 1. The number of aromatic nitrogens is 2. The van der Waals surface area contributed by atoms with E-state index in [1.54, 1.807) is 51.0 Å². The van der Waals surface area contributed by atoms with E-state index in [1.807, 2.05) is 18.2 Å². The van der Waals surface area contributed by atoms with Gasteiger partial charge in [-0.25, -0.2) is 4.98 Å². The molecule has 0 aliphatic heterocycles. The molecule has 1 aromatic carbocycles. The van der Waals surface area contributed by atoms with Crippen LogP contribution in [0, 0.1) is 0 Å². The maximum atomic E-state index is 6.02. The van der Waals surface area contributed by atoms with Crippen molar-refractivity contribution in [2.24, 2.45) is 0 Å². The topological polar surface area (TPSA) is 79.5 Å². The molecular weight excluding hydrogens is 306 g/mol. The summed E-state index contributed by atoms with van der Waals surface area (Å²) in [5.74, 6) is 2.25. The molecule has 3 rings (SSSR count). The van der Waals surface area contributed by atoms with E-state index in [2.05, 4.69) is 9.97 Å². The predicted octanol–water partition coefficient (Wildman–Crippen LogP) is 3.54. The summed E-state index contributed by atoms with van der Waals surface area (Å²) in [5, 5.41) is 0. The third kappa shape index (κ3) is 3.22. The van der Waals surface area contributed by atoms with Crippen molar-refractivity contribution in [3.63, 3.8) is 0 Å². The van der Waals surface area contributed by atoms with Gasteiger partial charge in [0.2, 0.25) is 5.88 Å². The van der Waals surface area contributed by atoms with E-state index in [-0.39, 0.29) is 0 Å². The number of anilines is 1. The van der Waals surface area contributed by atoms with E-state index in [1.165, 1.54) is 0 Å². The molecule has 6 nitrogen and oxygen atoms in total. The number of ether oxygens (including phenoxy) is 3. The van der Waals surface area contributed by atoms with Crippen molar-refractivity contribution in [2.45, 2.75) is 0 Å². The van der Waals surface area contributed by atoms with Crippen LogP contribution < -0.4 is 19.9 Å². The highest BCUT2D eigenvalue weighted by molar-refractivity contribution is 5.78. The lowest BCUT2D eigenvalue weighted by Gasteiger charge is -2.13. The number of hydrogen-bond acceptors (Lipinski definition) is 6. The Morgan fingerprint density at radius 3 is 2.25 bits per heavy atom. The first kappa shape index (κ1) is 15.6. The lowest BCUT2D eigenvalue weighted by atomic mass is 10.1. The lowest BCUT2D eigenvalue weighted by molar-refractivity contribution is 0.385. The number of rotatable bonds is 5. The SMILES string of the molecule is COc1cc(OC)cc(Oc2ncccc2-c2ccncc2N)c1. The fourth-order valence-electron chi connectivity index (χ4n) is 2.28. The molecule has 0 radical (unpaired) electrons. The van der Waals surface area contributed by atoms with Crippen molar-refractivity contribution in [2.75, 3.05) is 20.0 Å². The Morgan fingerprint density at radius 1 is 0.875 bits per heavy atom. The van der Waals surface area contributed by atoms with Gasteiger partial charge < -0.3 is 19.9 Å². The Kier molecular flexibility index (Phi) is 4.47. The van der Waals surface area contributed by atoms with E-state index >= 15 is 0 Å². The summed E-state index contributed by atoms with van der Waals surface area (Å²) < 4.78 is 16.5. The Balaban J connectivity index is 2.02. The molecular formula is C18H17N3O3. The molecule has 0 bridgehead atoms. The quantitative estimate of drug-likeness (QED) is 0.773. The van der Waals surface area contributed by atoms with Crippen LogP contribution in [0.3, 0.4) is 0 Å². The Labute approximate surface area is 139 Å². The van der Waals surface area contributed by atoms with Gasteiger partial charge in [0.05, 0.1) is 26.1 Å². The Hall–Kier alpha value is -3.28. The minimum absolute atomic E-state index is 0.436. The molecule has 0 aliphatic rings. The first-order valence-electron chi connectivity index (χ1n) is 7.27. The average molecular weight is 323 g/mol. The molecule has 0 spiro atoms. The number of methoxy groups -OCH3 is 2. The number of hydrogen-bond donors (Lipinski definition) is 1. The zero-order valence-corrected chi connectivity index (χ0v) is 13.4. The standard InChI is InChI=1S/C18H17N3O3/c1-22-12-8-13(23-2)10-14(9-12)24-18-16(4-3-6-21-18)15-5-7-20-11-17(15)19/h3-11H,19H2,1-2H3. The van der Waals surface area contributed by atoms with Crippen LogP contribution >= 0.6 is 0 Å². The van der Waals surface area contributed by atoms with Crippen LogP contribution in [0.5, 0.6) is 23.1 Å².